The van der Waals surface area contributed by atoms with Crippen molar-refractivity contribution < 1.29 is 9.53 Å². The Morgan fingerprint density at radius 3 is 1.75 bits per heavy atom. The lowest BCUT2D eigenvalue weighted by molar-refractivity contribution is 0.436. The van der Waals surface area contributed by atoms with Gasteiger partial charge < -0.3 is 9.53 Å². The van der Waals surface area contributed by atoms with Crippen molar-refractivity contribution in [1.29, 1.82) is 0 Å². The first kappa shape index (κ1) is 14.3. The van der Waals surface area contributed by atoms with E-state index in [0.29, 0.717) is 0 Å². The number of aromatic hydroxyl groups is 1. The summed E-state index contributed by atoms with van der Waals surface area (Å²) in [5.41, 5.74) is 0. The monoisotopic (exact) mass is 318 g/mol. The standard InChI is InChI=1S/C9H10Cl4O2Si/c1-16(2,3)15-9-7(13)5(11)4(10)6(12)8(9)14/h14H,1-3H3. The molecule has 1 N–H and O–H groups in total. The minimum atomic E-state index is -1.93. The second-order valence-corrected chi connectivity index (χ2v) is 10.1. The van der Waals surface area contributed by atoms with Crippen molar-refractivity contribution in [2.24, 2.45) is 0 Å². The van der Waals surface area contributed by atoms with Crippen LogP contribution in [0.15, 0.2) is 0 Å². The number of hydrogen-bond acceptors (Lipinski definition) is 2. The van der Waals surface area contributed by atoms with Gasteiger partial charge >= 0.3 is 0 Å². The van der Waals surface area contributed by atoms with Gasteiger partial charge in [0.25, 0.3) is 0 Å². The topological polar surface area (TPSA) is 29.5 Å². The zero-order valence-electron chi connectivity index (χ0n) is 8.87. The van der Waals surface area contributed by atoms with Crippen molar-refractivity contribution in [2.75, 3.05) is 0 Å². The molecule has 0 saturated carbocycles. The van der Waals surface area contributed by atoms with Crippen molar-refractivity contribution in [3.8, 4) is 11.5 Å². The summed E-state index contributed by atoms with van der Waals surface area (Å²) < 4.78 is 5.61. The normalized spacial score (nSPS) is 11.7. The highest BCUT2D eigenvalue weighted by Gasteiger charge is 2.26. The van der Waals surface area contributed by atoms with Crippen LogP contribution in [0.3, 0.4) is 0 Å². The van der Waals surface area contributed by atoms with E-state index < -0.39 is 8.32 Å². The van der Waals surface area contributed by atoms with Gasteiger partial charge in [0.15, 0.2) is 11.5 Å². The van der Waals surface area contributed by atoms with E-state index in [0.717, 1.165) is 0 Å². The molecule has 0 radical (unpaired) electrons. The molecule has 7 heteroatoms. The molecule has 1 aromatic carbocycles. The summed E-state index contributed by atoms with van der Waals surface area (Å²) in [5.74, 6) is -0.177. The predicted molar refractivity (Wildman–Crippen MR) is 72.1 cm³/mol. The summed E-state index contributed by atoms with van der Waals surface area (Å²) in [5, 5.41) is 9.92. The highest BCUT2D eigenvalue weighted by molar-refractivity contribution is 6.70. The molecule has 0 bridgehead atoms. The minimum Gasteiger partial charge on any atom is -0.541 e. The van der Waals surface area contributed by atoms with Crippen LogP contribution in [-0.4, -0.2) is 13.4 Å². The van der Waals surface area contributed by atoms with E-state index in [2.05, 4.69) is 0 Å². The SMILES string of the molecule is C[Si](C)(C)Oc1c(O)c(Cl)c(Cl)c(Cl)c1Cl. The van der Waals surface area contributed by atoms with Crippen molar-refractivity contribution in [1.82, 2.24) is 0 Å². The Balaban J connectivity index is 3.40. The number of benzene rings is 1. The number of hydrogen-bond donors (Lipinski definition) is 1. The number of halogens is 4. The summed E-state index contributed by atoms with van der Waals surface area (Å²) in [6.07, 6.45) is 0. The molecular weight excluding hydrogens is 310 g/mol. The quantitative estimate of drug-likeness (QED) is 0.460. The van der Waals surface area contributed by atoms with Gasteiger partial charge in [0, 0.05) is 0 Å². The van der Waals surface area contributed by atoms with Crippen molar-refractivity contribution in [3.05, 3.63) is 20.1 Å². The summed E-state index contributed by atoms with van der Waals surface area (Å²) in [6, 6.07) is 0. The van der Waals surface area contributed by atoms with E-state index in [4.69, 9.17) is 50.8 Å². The zero-order valence-corrected chi connectivity index (χ0v) is 12.9. The van der Waals surface area contributed by atoms with Crippen molar-refractivity contribution in [2.45, 2.75) is 19.6 Å². The molecule has 0 heterocycles. The van der Waals surface area contributed by atoms with E-state index in [9.17, 15) is 5.11 Å². The van der Waals surface area contributed by atoms with Crippen LogP contribution in [-0.2, 0) is 0 Å². The molecule has 0 spiro atoms. The molecular formula is C9H10Cl4O2Si. The molecule has 0 atom stereocenters. The lowest BCUT2D eigenvalue weighted by Crippen LogP contribution is -2.29. The Bertz CT molecular complexity index is 399. The Morgan fingerprint density at radius 1 is 0.875 bits per heavy atom. The highest BCUT2D eigenvalue weighted by Crippen LogP contribution is 2.50. The predicted octanol–water partition coefficient (Wildman–Crippen LogP) is 5.22. The first-order valence-corrected chi connectivity index (χ1v) is 9.31. The molecule has 1 rings (SSSR count). The lowest BCUT2D eigenvalue weighted by Gasteiger charge is -2.22. The molecule has 1 aromatic rings. The maximum atomic E-state index is 9.78. The van der Waals surface area contributed by atoms with E-state index >= 15 is 0 Å². The fraction of sp³-hybridized carbons (Fsp3) is 0.333. The van der Waals surface area contributed by atoms with E-state index in [1.165, 1.54) is 0 Å². The fourth-order valence-corrected chi connectivity index (χ4v) is 2.74. The molecule has 0 aliphatic rings. The van der Waals surface area contributed by atoms with Crippen LogP contribution >= 0.6 is 46.4 Å². The van der Waals surface area contributed by atoms with Crippen LogP contribution in [0.4, 0.5) is 0 Å². The molecule has 0 saturated heterocycles. The van der Waals surface area contributed by atoms with E-state index in [-0.39, 0.29) is 31.6 Å². The summed E-state index contributed by atoms with van der Waals surface area (Å²) in [4.78, 5) is 0. The Labute approximate surface area is 115 Å². The van der Waals surface area contributed by atoms with Gasteiger partial charge in [-0.25, -0.2) is 0 Å². The number of phenolic OH excluding ortho intramolecular Hbond substituents is 1. The Kier molecular flexibility index (Phi) is 4.30. The van der Waals surface area contributed by atoms with Crippen LogP contribution in [0, 0.1) is 0 Å². The van der Waals surface area contributed by atoms with Gasteiger partial charge in [-0.2, -0.15) is 0 Å². The smallest absolute Gasteiger partial charge is 0.242 e. The minimum absolute atomic E-state index is 0.0220. The van der Waals surface area contributed by atoms with Crippen LogP contribution in [0.25, 0.3) is 0 Å². The number of rotatable bonds is 2. The largest absolute Gasteiger partial charge is 0.541 e. The average Bonchev–Trinajstić information content (AvgIpc) is 2.17. The van der Waals surface area contributed by atoms with Crippen molar-refractivity contribution >= 4 is 54.7 Å². The molecule has 0 aliphatic carbocycles. The van der Waals surface area contributed by atoms with Gasteiger partial charge in [-0.3, -0.25) is 0 Å². The lowest BCUT2D eigenvalue weighted by atomic mass is 10.3. The van der Waals surface area contributed by atoms with Gasteiger partial charge in [0.1, 0.15) is 10.0 Å². The van der Waals surface area contributed by atoms with Crippen LogP contribution in [0.5, 0.6) is 11.5 Å². The van der Waals surface area contributed by atoms with Gasteiger partial charge in [0.05, 0.1) is 10.0 Å². The Hall–Kier alpha value is 0.197. The molecule has 16 heavy (non-hydrogen) atoms. The van der Waals surface area contributed by atoms with Crippen LogP contribution in [0.2, 0.25) is 39.7 Å². The van der Waals surface area contributed by atoms with Crippen molar-refractivity contribution in [3.63, 3.8) is 0 Å². The first-order chi connectivity index (χ1) is 7.15. The third-order valence-corrected chi connectivity index (χ3v) is 4.20. The zero-order chi connectivity index (χ0) is 12.7. The second kappa shape index (κ2) is 4.82. The second-order valence-electron chi connectivity index (χ2n) is 4.15. The molecule has 90 valence electrons. The van der Waals surface area contributed by atoms with E-state index in [1.807, 2.05) is 19.6 Å². The molecule has 0 unspecified atom stereocenters. The van der Waals surface area contributed by atoms with Gasteiger partial charge in [-0.1, -0.05) is 46.4 Å². The van der Waals surface area contributed by atoms with Crippen LogP contribution < -0.4 is 4.43 Å². The van der Waals surface area contributed by atoms with Gasteiger partial charge in [0.2, 0.25) is 8.32 Å². The summed E-state index contributed by atoms with van der Waals surface area (Å²) in [6.45, 7) is 5.83. The maximum absolute atomic E-state index is 9.78. The Morgan fingerprint density at radius 2 is 1.31 bits per heavy atom. The maximum Gasteiger partial charge on any atom is 0.242 e. The van der Waals surface area contributed by atoms with Gasteiger partial charge in [-0.05, 0) is 19.6 Å². The highest BCUT2D eigenvalue weighted by atomic mass is 35.5. The molecule has 0 fully saturated rings. The molecule has 2 nitrogen and oxygen atoms in total. The van der Waals surface area contributed by atoms with E-state index in [1.54, 1.807) is 0 Å². The van der Waals surface area contributed by atoms with Crippen LogP contribution in [0.1, 0.15) is 0 Å². The average molecular weight is 320 g/mol. The molecule has 0 amide bonds. The molecule has 0 aromatic heterocycles. The fourth-order valence-electron chi connectivity index (χ4n) is 0.999. The summed E-state index contributed by atoms with van der Waals surface area (Å²) in [7, 11) is -1.93. The number of phenols is 1. The third kappa shape index (κ3) is 2.90. The van der Waals surface area contributed by atoms with Gasteiger partial charge in [-0.15, -0.1) is 0 Å². The first-order valence-electron chi connectivity index (χ1n) is 4.39. The third-order valence-electron chi connectivity index (χ3n) is 1.61. The summed E-state index contributed by atoms with van der Waals surface area (Å²) >= 11 is 23.4. The molecule has 0 aliphatic heterocycles.